The van der Waals surface area contributed by atoms with Crippen LogP contribution < -0.4 is 10.1 Å². The summed E-state index contributed by atoms with van der Waals surface area (Å²) in [7, 11) is 1.16. The Morgan fingerprint density at radius 1 is 1.22 bits per heavy atom. The van der Waals surface area contributed by atoms with Crippen molar-refractivity contribution in [1.29, 1.82) is 0 Å². The van der Waals surface area contributed by atoms with Gasteiger partial charge in [-0.2, -0.15) is 0 Å². The minimum atomic E-state index is -1.03. The number of carbonyl (C=O) groups is 2. The summed E-state index contributed by atoms with van der Waals surface area (Å²) in [6.07, 6.45) is -1.03. The minimum Gasteiger partial charge on any atom is -0.474 e. The molecule has 1 atom stereocenters. The van der Waals surface area contributed by atoms with Gasteiger partial charge in [0.05, 0.1) is 17.6 Å². The summed E-state index contributed by atoms with van der Waals surface area (Å²) < 4.78 is 22.8. The molecular formula is C18H17FN2O6. The second-order valence-electron chi connectivity index (χ2n) is 5.54. The van der Waals surface area contributed by atoms with Crippen LogP contribution in [0.2, 0.25) is 0 Å². The predicted octanol–water partition coefficient (Wildman–Crippen LogP) is 2.60. The predicted molar refractivity (Wildman–Crippen MR) is 92.8 cm³/mol. The highest BCUT2D eigenvalue weighted by atomic mass is 19.1. The number of amides is 1. The lowest BCUT2D eigenvalue weighted by Gasteiger charge is -2.15. The Labute approximate surface area is 154 Å². The molecule has 1 amide bonds. The van der Waals surface area contributed by atoms with Crippen molar-refractivity contribution in [3.8, 4) is 5.75 Å². The smallest absolute Gasteiger partial charge is 0.338 e. The van der Waals surface area contributed by atoms with Gasteiger partial charge in [0, 0.05) is 12.6 Å². The van der Waals surface area contributed by atoms with Crippen molar-refractivity contribution < 1.29 is 28.4 Å². The first-order valence-electron chi connectivity index (χ1n) is 7.87. The van der Waals surface area contributed by atoms with Gasteiger partial charge in [0.15, 0.2) is 11.9 Å². The van der Waals surface area contributed by atoms with E-state index in [0.717, 1.165) is 13.2 Å². The molecule has 0 bridgehead atoms. The van der Waals surface area contributed by atoms with Crippen LogP contribution in [0.1, 0.15) is 22.8 Å². The molecule has 0 aliphatic rings. The zero-order valence-corrected chi connectivity index (χ0v) is 14.6. The molecule has 0 unspecified atom stereocenters. The lowest BCUT2D eigenvalue weighted by molar-refractivity contribution is -0.386. The molecule has 1 N–H and O–H groups in total. The van der Waals surface area contributed by atoms with E-state index in [0.29, 0.717) is 5.56 Å². The first kappa shape index (κ1) is 19.8. The summed E-state index contributed by atoms with van der Waals surface area (Å²) in [6.45, 7) is 1.58. The van der Waals surface area contributed by atoms with Crippen LogP contribution in [0, 0.1) is 15.9 Å². The van der Waals surface area contributed by atoms with Crippen molar-refractivity contribution in [2.45, 2.75) is 19.6 Å². The molecule has 0 saturated heterocycles. The number of nitro groups is 1. The number of hydrogen-bond donors (Lipinski definition) is 1. The van der Waals surface area contributed by atoms with E-state index in [1.807, 2.05) is 0 Å². The fourth-order valence-corrected chi connectivity index (χ4v) is 2.18. The fraction of sp³-hybridized carbons (Fsp3) is 0.222. The standard InChI is InChI=1S/C18H17FN2O6/c1-11(17(22)20-10-12-3-6-14(19)7-4-12)27-16-8-5-13(18(23)26-2)9-15(16)21(24)25/h3-9,11H,10H2,1-2H3,(H,20,22)/t11-/m1/s1. The molecular weight excluding hydrogens is 359 g/mol. The zero-order chi connectivity index (χ0) is 20.0. The Morgan fingerprint density at radius 2 is 1.89 bits per heavy atom. The van der Waals surface area contributed by atoms with Crippen LogP contribution in [0.4, 0.5) is 10.1 Å². The maximum absolute atomic E-state index is 12.9. The van der Waals surface area contributed by atoms with Crippen molar-refractivity contribution in [3.05, 3.63) is 69.5 Å². The SMILES string of the molecule is COC(=O)c1ccc(O[C@H](C)C(=O)NCc2ccc(F)cc2)c([N+](=O)[O-])c1. The molecule has 9 heteroatoms. The molecule has 2 aromatic carbocycles. The highest BCUT2D eigenvalue weighted by Crippen LogP contribution is 2.29. The second-order valence-corrected chi connectivity index (χ2v) is 5.54. The average Bonchev–Trinajstić information content (AvgIpc) is 2.66. The Bertz CT molecular complexity index is 853. The van der Waals surface area contributed by atoms with E-state index < -0.39 is 28.6 Å². The van der Waals surface area contributed by atoms with Crippen LogP contribution in [0.5, 0.6) is 5.75 Å². The first-order chi connectivity index (χ1) is 12.8. The molecule has 27 heavy (non-hydrogen) atoms. The van der Waals surface area contributed by atoms with Gasteiger partial charge in [-0.25, -0.2) is 9.18 Å². The third-order valence-electron chi connectivity index (χ3n) is 3.63. The van der Waals surface area contributed by atoms with Gasteiger partial charge in [0.1, 0.15) is 5.82 Å². The lowest BCUT2D eigenvalue weighted by Crippen LogP contribution is -2.36. The number of methoxy groups -OCH3 is 1. The van der Waals surface area contributed by atoms with E-state index in [2.05, 4.69) is 10.1 Å². The summed E-state index contributed by atoms with van der Waals surface area (Å²) in [5.41, 5.74) is 0.214. The van der Waals surface area contributed by atoms with E-state index in [-0.39, 0.29) is 23.7 Å². The van der Waals surface area contributed by atoms with E-state index in [1.54, 1.807) is 0 Å². The Balaban J connectivity index is 2.06. The number of ether oxygens (including phenoxy) is 2. The molecule has 2 aromatic rings. The molecule has 0 aliphatic carbocycles. The van der Waals surface area contributed by atoms with Crippen LogP contribution in [-0.2, 0) is 16.1 Å². The van der Waals surface area contributed by atoms with Gasteiger partial charge in [-0.15, -0.1) is 0 Å². The summed E-state index contributed by atoms with van der Waals surface area (Å²) in [4.78, 5) is 34.1. The molecule has 2 rings (SSSR count). The number of benzene rings is 2. The van der Waals surface area contributed by atoms with Gasteiger partial charge in [-0.3, -0.25) is 14.9 Å². The minimum absolute atomic E-state index is 0.00929. The number of nitro benzene ring substituents is 1. The normalized spacial score (nSPS) is 11.4. The van der Waals surface area contributed by atoms with Gasteiger partial charge in [0.25, 0.3) is 5.91 Å². The maximum Gasteiger partial charge on any atom is 0.338 e. The molecule has 0 aliphatic heterocycles. The topological polar surface area (TPSA) is 108 Å². The monoisotopic (exact) mass is 376 g/mol. The van der Waals surface area contributed by atoms with Crippen LogP contribution in [0.3, 0.4) is 0 Å². The molecule has 0 fully saturated rings. The third kappa shape index (κ3) is 5.24. The summed E-state index contributed by atoms with van der Waals surface area (Å²) in [5.74, 6) is -1.78. The average molecular weight is 376 g/mol. The van der Waals surface area contributed by atoms with Gasteiger partial charge < -0.3 is 14.8 Å². The Hall–Kier alpha value is -3.49. The van der Waals surface area contributed by atoms with Crippen molar-refractivity contribution in [3.63, 3.8) is 0 Å². The number of esters is 1. The van der Waals surface area contributed by atoms with Crippen LogP contribution in [-0.4, -0.2) is 30.0 Å². The van der Waals surface area contributed by atoms with Gasteiger partial charge in [0.2, 0.25) is 0 Å². The van der Waals surface area contributed by atoms with Gasteiger partial charge >= 0.3 is 11.7 Å². The van der Waals surface area contributed by atoms with Crippen LogP contribution in [0.25, 0.3) is 0 Å². The lowest BCUT2D eigenvalue weighted by atomic mass is 10.2. The number of carbonyl (C=O) groups excluding carboxylic acids is 2. The molecule has 0 aromatic heterocycles. The quantitative estimate of drug-likeness (QED) is 0.452. The van der Waals surface area contributed by atoms with Crippen LogP contribution >= 0.6 is 0 Å². The fourth-order valence-electron chi connectivity index (χ4n) is 2.18. The molecule has 0 heterocycles. The molecule has 0 spiro atoms. The Morgan fingerprint density at radius 3 is 2.48 bits per heavy atom. The van der Waals surface area contributed by atoms with Crippen molar-refractivity contribution >= 4 is 17.6 Å². The number of hydrogen-bond acceptors (Lipinski definition) is 6. The number of rotatable bonds is 7. The summed E-state index contributed by atoms with van der Waals surface area (Å²) in [6, 6.07) is 9.14. The van der Waals surface area contributed by atoms with E-state index >= 15 is 0 Å². The highest BCUT2D eigenvalue weighted by molar-refractivity contribution is 5.90. The van der Waals surface area contributed by atoms with Crippen LogP contribution in [0.15, 0.2) is 42.5 Å². The largest absolute Gasteiger partial charge is 0.474 e. The number of nitrogens with one attached hydrogen (secondary N) is 1. The molecule has 0 radical (unpaired) electrons. The molecule has 8 nitrogen and oxygen atoms in total. The van der Waals surface area contributed by atoms with E-state index in [4.69, 9.17) is 4.74 Å². The zero-order valence-electron chi connectivity index (χ0n) is 14.6. The first-order valence-corrected chi connectivity index (χ1v) is 7.87. The summed E-state index contributed by atoms with van der Waals surface area (Å²) in [5, 5.41) is 13.8. The maximum atomic E-state index is 12.9. The van der Waals surface area contributed by atoms with Crippen molar-refractivity contribution in [1.82, 2.24) is 5.32 Å². The van der Waals surface area contributed by atoms with Gasteiger partial charge in [-0.1, -0.05) is 12.1 Å². The van der Waals surface area contributed by atoms with Crippen molar-refractivity contribution in [2.75, 3.05) is 7.11 Å². The van der Waals surface area contributed by atoms with E-state index in [1.165, 1.54) is 43.3 Å². The third-order valence-corrected chi connectivity index (χ3v) is 3.63. The molecule has 0 saturated carbocycles. The van der Waals surface area contributed by atoms with E-state index in [9.17, 15) is 24.1 Å². The number of nitrogens with zero attached hydrogens (tertiary/aromatic N) is 1. The van der Waals surface area contributed by atoms with Gasteiger partial charge in [-0.05, 0) is 36.8 Å². The molecule has 142 valence electrons. The van der Waals surface area contributed by atoms with Crippen molar-refractivity contribution in [2.24, 2.45) is 0 Å². The summed E-state index contributed by atoms with van der Waals surface area (Å²) >= 11 is 0. The Kier molecular flexibility index (Phi) is 6.42. The number of halogens is 1. The second kappa shape index (κ2) is 8.75. The highest BCUT2D eigenvalue weighted by Gasteiger charge is 2.23.